The van der Waals surface area contributed by atoms with Gasteiger partial charge < -0.3 is 20.3 Å². The summed E-state index contributed by atoms with van der Waals surface area (Å²) in [6, 6.07) is 11.4. The summed E-state index contributed by atoms with van der Waals surface area (Å²) in [5.41, 5.74) is 2.01. The Balaban J connectivity index is 1.12. The first-order valence-corrected chi connectivity index (χ1v) is 14.8. The van der Waals surface area contributed by atoms with Crippen molar-refractivity contribution in [3.8, 4) is 11.3 Å². The molecule has 1 aliphatic carbocycles. The van der Waals surface area contributed by atoms with E-state index in [1.165, 1.54) is 45.3 Å². The van der Waals surface area contributed by atoms with Gasteiger partial charge in [0.15, 0.2) is 9.84 Å². The van der Waals surface area contributed by atoms with E-state index in [0.29, 0.717) is 17.4 Å². The summed E-state index contributed by atoms with van der Waals surface area (Å²) in [4.78, 5) is 14.6. The number of carbonyl (C=O) groups is 1. The number of amides is 1. The van der Waals surface area contributed by atoms with Gasteiger partial charge in [-0.2, -0.15) is 0 Å². The van der Waals surface area contributed by atoms with Gasteiger partial charge in [-0.15, -0.1) is 10.2 Å². The number of ether oxygens (including phenoxy) is 1. The summed E-state index contributed by atoms with van der Waals surface area (Å²) >= 11 is 0. The lowest BCUT2D eigenvalue weighted by molar-refractivity contribution is -0.113. The van der Waals surface area contributed by atoms with Gasteiger partial charge in [0.1, 0.15) is 11.6 Å². The predicted molar refractivity (Wildman–Crippen MR) is 139 cm³/mol. The highest BCUT2D eigenvalue weighted by Gasteiger charge is 2.41. The van der Waals surface area contributed by atoms with Gasteiger partial charge in [0.25, 0.3) is 0 Å². The van der Waals surface area contributed by atoms with E-state index in [9.17, 15) is 13.2 Å². The molecule has 2 aliphatic heterocycles. The van der Waals surface area contributed by atoms with Gasteiger partial charge in [0.2, 0.25) is 5.91 Å². The fourth-order valence-corrected chi connectivity index (χ4v) is 6.47. The van der Waals surface area contributed by atoms with Crippen LogP contribution < -0.4 is 10.6 Å². The number of carbonyl (C=O) groups excluding carboxylic acids is 1. The van der Waals surface area contributed by atoms with Crippen molar-refractivity contribution in [2.45, 2.75) is 31.7 Å². The Hall–Kier alpha value is -2.56. The Bertz CT molecular complexity index is 1150. The van der Waals surface area contributed by atoms with Crippen LogP contribution in [0.2, 0.25) is 0 Å². The molecule has 3 aliphatic rings. The van der Waals surface area contributed by atoms with Crippen LogP contribution >= 0.6 is 0 Å². The van der Waals surface area contributed by atoms with E-state index in [1.807, 2.05) is 18.2 Å². The highest BCUT2D eigenvalue weighted by molar-refractivity contribution is 7.91. The second-order valence-corrected chi connectivity index (χ2v) is 12.8. The summed E-state index contributed by atoms with van der Waals surface area (Å²) in [6.07, 6.45) is 5.79. The number of nitrogens with one attached hydrogen (secondary N) is 2. The summed E-state index contributed by atoms with van der Waals surface area (Å²) in [5.74, 6) is 1.98. The van der Waals surface area contributed by atoms with Crippen molar-refractivity contribution >= 4 is 27.2 Å². The molecular formula is C26H35N5O4S. The summed E-state index contributed by atoms with van der Waals surface area (Å²) in [5, 5.41) is 15.0. The number of hydrogen-bond donors (Lipinski definition) is 2. The summed E-state index contributed by atoms with van der Waals surface area (Å²) < 4.78 is 28.2. The van der Waals surface area contributed by atoms with Gasteiger partial charge in [-0.1, -0.05) is 12.1 Å². The SMILES string of the molecule is CS(=O)(=O)CC(=O)Nc1cccc(-c2ccc(NC3CC4CN(CC5CCOCC5)C[C@H]4C3)nn2)c1. The molecule has 1 amide bonds. The van der Waals surface area contributed by atoms with E-state index in [1.54, 1.807) is 18.2 Å². The molecule has 2 unspecified atom stereocenters. The first kappa shape index (κ1) is 25.1. The first-order valence-electron chi connectivity index (χ1n) is 12.8. The molecule has 0 spiro atoms. The average molecular weight is 514 g/mol. The number of sulfone groups is 1. The molecule has 9 nitrogen and oxygen atoms in total. The molecule has 1 aromatic heterocycles. The van der Waals surface area contributed by atoms with E-state index >= 15 is 0 Å². The number of likely N-dealkylation sites (tertiary alicyclic amines) is 1. The third kappa shape index (κ3) is 6.60. The largest absolute Gasteiger partial charge is 0.381 e. The molecule has 1 saturated carbocycles. The molecule has 3 heterocycles. The number of fused-ring (bicyclic) bond motifs is 1. The lowest BCUT2D eigenvalue weighted by Crippen LogP contribution is -2.32. The number of hydrogen-bond acceptors (Lipinski definition) is 8. The quantitative estimate of drug-likeness (QED) is 0.554. The maximum atomic E-state index is 11.9. The lowest BCUT2D eigenvalue weighted by atomic mass is 10.00. The highest BCUT2D eigenvalue weighted by Crippen LogP contribution is 2.39. The molecule has 5 rings (SSSR count). The van der Waals surface area contributed by atoms with Crippen molar-refractivity contribution in [3.63, 3.8) is 0 Å². The Kier molecular flexibility index (Phi) is 7.55. The van der Waals surface area contributed by atoms with Crippen molar-refractivity contribution in [2.75, 3.05) is 55.5 Å². The zero-order chi connectivity index (χ0) is 25.1. The molecule has 10 heteroatoms. The van der Waals surface area contributed by atoms with Crippen LogP contribution in [0.5, 0.6) is 0 Å². The van der Waals surface area contributed by atoms with Gasteiger partial charge in [-0.25, -0.2) is 8.42 Å². The smallest absolute Gasteiger partial charge is 0.239 e. The number of anilines is 2. The fourth-order valence-electron chi connectivity index (χ4n) is 5.92. The number of aromatic nitrogens is 2. The number of nitrogens with zero attached hydrogens (tertiary/aromatic N) is 3. The fraction of sp³-hybridized carbons (Fsp3) is 0.577. The maximum absolute atomic E-state index is 11.9. The van der Waals surface area contributed by atoms with Crippen molar-refractivity contribution in [3.05, 3.63) is 36.4 Å². The summed E-state index contributed by atoms with van der Waals surface area (Å²) in [6.45, 7) is 5.49. The van der Waals surface area contributed by atoms with Gasteiger partial charge in [0.05, 0.1) is 5.69 Å². The highest BCUT2D eigenvalue weighted by atomic mass is 32.2. The van der Waals surface area contributed by atoms with Gasteiger partial charge in [-0.3, -0.25) is 4.79 Å². The maximum Gasteiger partial charge on any atom is 0.239 e. The van der Waals surface area contributed by atoms with E-state index in [2.05, 4.69) is 25.7 Å². The second-order valence-electron chi connectivity index (χ2n) is 10.6. The lowest BCUT2D eigenvalue weighted by Gasteiger charge is -2.27. The third-order valence-electron chi connectivity index (χ3n) is 7.54. The van der Waals surface area contributed by atoms with E-state index in [-0.39, 0.29) is 0 Å². The molecule has 3 atom stereocenters. The Morgan fingerprint density at radius 3 is 2.50 bits per heavy atom. The molecule has 194 valence electrons. The van der Waals surface area contributed by atoms with Gasteiger partial charge in [0, 0.05) is 56.4 Å². The molecule has 0 radical (unpaired) electrons. The minimum absolute atomic E-state index is 0.429. The van der Waals surface area contributed by atoms with Crippen LogP contribution in [-0.4, -0.2) is 80.3 Å². The molecule has 3 fully saturated rings. The van der Waals surface area contributed by atoms with Crippen molar-refractivity contribution in [1.29, 1.82) is 0 Å². The monoisotopic (exact) mass is 513 g/mol. The minimum Gasteiger partial charge on any atom is -0.381 e. The Morgan fingerprint density at radius 1 is 1.08 bits per heavy atom. The summed E-state index contributed by atoms with van der Waals surface area (Å²) in [7, 11) is -3.38. The molecule has 36 heavy (non-hydrogen) atoms. The predicted octanol–water partition coefficient (Wildman–Crippen LogP) is 2.68. The molecule has 2 saturated heterocycles. The normalized spacial score (nSPS) is 25.0. The van der Waals surface area contributed by atoms with Crippen LogP contribution in [0.4, 0.5) is 11.5 Å². The van der Waals surface area contributed by atoms with Crippen LogP contribution in [0.1, 0.15) is 25.7 Å². The van der Waals surface area contributed by atoms with Crippen LogP contribution in [0, 0.1) is 17.8 Å². The average Bonchev–Trinajstić information content (AvgIpc) is 3.37. The van der Waals surface area contributed by atoms with E-state index < -0.39 is 21.5 Å². The van der Waals surface area contributed by atoms with E-state index in [4.69, 9.17) is 4.74 Å². The first-order chi connectivity index (χ1) is 17.3. The third-order valence-corrected chi connectivity index (χ3v) is 8.32. The molecule has 2 aromatic rings. The van der Waals surface area contributed by atoms with Crippen LogP contribution in [0.15, 0.2) is 36.4 Å². The molecule has 1 aromatic carbocycles. The number of rotatable bonds is 8. The molecule has 2 N–H and O–H groups in total. The zero-order valence-corrected chi connectivity index (χ0v) is 21.5. The van der Waals surface area contributed by atoms with Crippen LogP contribution in [-0.2, 0) is 19.4 Å². The van der Waals surface area contributed by atoms with Crippen molar-refractivity contribution in [1.82, 2.24) is 15.1 Å². The van der Waals surface area contributed by atoms with Crippen molar-refractivity contribution < 1.29 is 17.9 Å². The van der Waals surface area contributed by atoms with Gasteiger partial charge >= 0.3 is 0 Å². The molecular weight excluding hydrogens is 478 g/mol. The number of benzene rings is 1. The minimum atomic E-state index is -3.38. The van der Waals surface area contributed by atoms with Gasteiger partial charge in [-0.05, 0) is 67.7 Å². The van der Waals surface area contributed by atoms with Crippen molar-refractivity contribution in [2.24, 2.45) is 17.8 Å². The Labute approximate surface area is 212 Å². The Morgan fingerprint density at radius 2 is 1.83 bits per heavy atom. The second kappa shape index (κ2) is 10.8. The van der Waals surface area contributed by atoms with Crippen LogP contribution in [0.25, 0.3) is 11.3 Å². The zero-order valence-electron chi connectivity index (χ0n) is 20.7. The van der Waals surface area contributed by atoms with Crippen LogP contribution in [0.3, 0.4) is 0 Å². The molecule has 0 bridgehead atoms. The topological polar surface area (TPSA) is 114 Å². The standard InChI is InChI=1S/C26H35N5O4S/c1-36(33,34)17-26(32)28-22-4-2-3-19(11-22)24-5-6-25(30-29-24)27-23-12-20-15-31(16-21(20)13-23)14-18-7-9-35-10-8-18/h2-6,11,18,20-21,23H,7-10,12-17H2,1H3,(H,27,30)(H,28,32)/t20-,21?,23?/m1/s1. The van der Waals surface area contributed by atoms with E-state index in [0.717, 1.165) is 48.6 Å².